The lowest BCUT2D eigenvalue weighted by Crippen LogP contribution is -2.61. The molecule has 1 aliphatic heterocycles. The number of nitrogens with zero attached hydrogens (tertiary/aromatic N) is 3. The minimum Gasteiger partial charge on any atom is -0.435 e. The maximum Gasteiger partial charge on any atom is 0.521 e. The zero-order valence-electron chi connectivity index (χ0n) is 16.4. The lowest BCUT2D eigenvalue weighted by atomic mass is 9.96. The van der Waals surface area contributed by atoms with Crippen LogP contribution in [0.3, 0.4) is 0 Å². The van der Waals surface area contributed by atoms with Gasteiger partial charge in [0.15, 0.2) is 10.9 Å². The molecule has 2 aromatic rings. The number of Topliss-reactive ketones (excluding diaryl/α,β-unsaturated/α-hetero) is 1. The molecule has 2 amide bonds. The van der Waals surface area contributed by atoms with Crippen LogP contribution in [0.2, 0.25) is 0 Å². The summed E-state index contributed by atoms with van der Waals surface area (Å²) >= 11 is 1.10. The molecular formula is C21H24N3O4S+. The first kappa shape index (κ1) is 21.1. The predicted octanol–water partition coefficient (Wildman–Crippen LogP) is 3.66. The van der Waals surface area contributed by atoms with Crippen molar-refractivity contribution in [2.45, 2.75) is 43.1 Å². The second-order valence-corrected chi connectivity index (χ2v) is 8.40. The molecule has 29 heavy (non-hydrogen) atoms. The number of hydrogen-bond donors (Lipinski definition) is 1. The third-order valence-electron chi connectivity index (χ3n) is 5.55. The fraction of sp³-hybridized carbons (Fsp3) is 0.381. The van der Waals surface area contributed by atoms with E-state index in [0.29, 0.717) is 23.6 Å². The van der Waals surface area contributed by atoms with Gasteiger partial charge in [0.25, 0.3) is 0 Å². The fourth-order valence-electron chi connectivity index (χ4n) is 3.88. The van der Waals surface area contributed by atoms with Crippen molar-refractivity contribution in [3.05, 3.63) is 54.4 Å². The number of imide groups is 1. The third-order valence-corrected chi connectivity index (χ3v) is 6.85. The molecule has 0 aliphatic carbocycles. The molecule has 1 N–H and O–H groups in total. The predicted molar refractivity (Wildman–Crippen MR) is 108 cm³/mol. The minimum atomic E-state index is -1.15. The molecule has 0 radical (unpaired) electrons. The SMILES string of the molecule is CC(C(=O)[N+]1(C(=O)O)CCC[C@H]1C)C(Sc1ncccn1)C(=O)c1ccccc1. The van der Waals surface area contributed by atoms with E-state index in [9.17, 15) is 19.5 Å². The van der Waals surface area contributed by atoms with Gasteiger partial charge < -0.3 is 5.11 Å². The van der Waals surface area contributed by atoms with Gasteiger partial charge in [-0.25, -0.2) is 14.8 Å². The van der Waals surface area contributed by atoms with Gasteiger partial charge in [-0.05, 0) is 19.9 Å². The van der Waals surface area contributed by atoms with Gasteiger partial charge in [0, 0.05) is 30.8 Å². The number of carbonyl (C=O) groups excluding carboxylic acids is 2. The van der Waals surface area contributed by atoms with E-state index in [1.54, 1.807) is 56.6 Å². The van der Waals surface area contributed by atoms with Crippen LogP contribution in [0.4, 0.5) is 4.79 Å². The lowest BCUT2D eigenvalue weighted by Gasteiger charge is -2.33. The van der Waals surface area contributed by atoms with Crippen molar-refractivity contribution in [1.82, 2.24) is 9.97 Å². The van der Waals surface area contributed by atoms with Gasteiger partial charge >= 0.3 is 12.0 Å². The number of rotatable bonds is 6. The maximum absolute atomic E-state index is 13.5. The summed E-state index contributed by atoms with van der Waals surface area (Å²) in [5, 5.41) is 9.46. The Hall–Kier alpha value is -2.58. The number of likely N-dealkylation sites (tertiary alicyclic amines) is 1. The van der Waals surface area contributed by atoms with Crippen molar-refractivity contribution >= 4 is 29.5 Å². The van der Waals surface area contributed by atoms with Crippen molar-refractivity contribution < 1.29 is 24.0 Å². The van der Waals surface area contributed by atoms with E-state index in [2.05, 4.69) is 9.97 Å². The van der Waals surface area contributed by atoms with E-state index in [0.717, 1.165) is 11.8 Å². The number of benzene rings is 1. The van der Waals surface area contributed by atoms with Crippen LogP contribution in [0.1, 0.15) is 37.0 Å². The van der Waals surface area contributed by atoms with Crippen LogP contribution in [0.5, 0.6) is 0 Å². The largest absolute Gasteiger partial charge is 0.521 e. The van der Waals surface area contributed by atoms with Gasteiger partial charge in [-0.15, -0.1) is 0 Å². The van der Waals surface area contributed by atoms with Gasteiger partial charge in [-0.2, -0.15) is 9.28 Å². The summed E-state index contributed by atoms with van der Waals surface area (Å²) in [6.45, 7) is 3.67. The number of carbonyl (C=O) groups is 3. The van der Waals surface area contributed by atoms with E-state index in [4.69, 9.17) is 0 Å². The molecule has 8 heteroatoms. The van der Waals surface area contributed by atoms with E-state index in [1.807, 2.05) is 6.07 Å². The summed E-state index contributed by atoms with van der Waals surface area (Å²) < 4.78 is -0.629. The van der Waals surface area contributed by atoms with E-state index in [1.165, 1.54) is 0 Å². The molecule has 0 saturated carbocycles. The molecule has 3 rings (SSSR count). The number of hydrogen-bond acceptors (Lipinski definition) is 6. The highest BCUT2D eigenvalue weighted by atomic mass is 32.2. The van der Waals surface area contributed by atoms with Gasteiger partial charge in [0.1, 0.15) is 6.04 Å². The molecule has 1 aromatic heterocycles. The molecule has 1 aromatic carbocycles. The Labute approximate surface area is 173 Å². The van der Waals surface area contributed by atoms with E-state index >= 15 is 0 Å². The highest BCUT2D eigenvalue weighted by Crippen LogP contribution is 2.35. The lowest BCUT2D eigenvalue weighted by molar-refractivity contribution is -0.794. The van der Waals surface area contributed by atoms with Gasteiger partial charge in [0.2, 0.25) is 0 Å². The van der Waals surface area contributed by atoms with Crippen LogP contribution in [0, 0.1) is 5.92 Å². The van der Waals surface area contributed by atoms with Crippen molar-refractivity contribution in [3.63, 3.8) is 0 Å². The normalized spacial score (nSPS) is 23.3. The Kier molecular flexibility index (Phi) is 6.44. The molecule has 1 saturated heterocycles. The first-order chi connectivity index (χ1) is 13.9. The molecule has 0 bridgehead atoms. The molecular weight excluding hydrogens is 390 g/mol. The highest BCUT2D eigenvalue weighted by Gasteiger charge is 2.56. The molecule has 2 heterocycles. The first-order valence-electron chi connectivity index (χ1n) is 9.56. The van der Waals surface area contributed by atoms with Gasteiger partial charge in [0.05, 0.1) is 17.7 Å². The van der Waals surface area contributed by atoms with Crippen molar-refractivity contribution in [3.8, 4) is 0 Å². The van der Waals surface area contributed by atoms with Crippen molar-refractivity contribution in [2.75, 3.05) is 6.54 Å². The number of carboxylic acid groups (broad SMARTS) is 1. The van der Waals surface area contributed by atoms with Gasteiger partial charge in [-0.1, -0.05) is 42.1 Å². The summed E-state index contributed by atoms with van der Waals surface area (Å²) in [5.41, 5.74) is 0.469. The molecule has 1 aliphatic rings. The molecule has 3 unspecified atom stereocenters. The van der Waals surface area contributed by atoms with Crippen molar-refractivity contribution in [2.24, 2.45) is 5.92 Å². The summed E-state index contributed by atoms with van der Waals surface area (Å²) in [4.78, 5) is 47.2. The highest BCUT2D eigenvalue weighted by molar-refractivity contribution is 8.00. The molecule has 4 atom stereocenters. The fourth-order valence-corrected chi connectivity index (χ4v) is 4.92. The summed E-state index contributed by atoms with van der Waals surface area (Å²) in [5.74, 6) is -1.51. The monoisotopic (exact) mass is 414 g/mol. The second kappa shape index (κ2) is 8.84. The first-order valence-corrected chi connectivity index (χ1v) is 10.4. The Bertz CT molecular complexity index is 893. The minimum absolute atomic E-state index is 0.237. The zero-order valence-corrected chi connectivity index (χ0v) is 17.2. The van der Waals surface area contributed by atoms with Crippen LogP contribution in [0.25, 0.3) is 0 Å². The van der Waals surface area contributed by atoms with Crippen LogP contribution in [-0.2, 0) is 4.79 Å². The second-order valence-electron chi connectivity index (χ2n) is 7.29. The Morgan fingerprint density at radius 2 is 1.79 bits per heavy atom. The molecule has 1 fully saturated rings. The third kappa shape index (κ3) is 4.09. The quantitative estimate of drug-likeness (QED) is 0.333. The number of ketones is 1. The van der Waals surface area contributed by atoms with Crippen molar-refractivity contribution in [1.29, 1.82) is 0 Å². The number of aromatic nitrogens is 2. The van der Waals surface area contributed by atoms with E-state index < -0.39 is 27.7 Å². The molecule has 7 nitrogen and oxygen atoms in total. The van der Waals surface area contributed by atoms with Crippen LogP contribution in [-0.4, -0.2) is 55.2 Å². The Morgan fingerprint density at radius 1 is 1.14 bits per heavy atom. The zero-order chi connectivity index (χ0) is 21.0. The maximum atomic E-state index is 13.5. The smallest absolute Gasteiger partial charge is 0.435 e. The average molecular weight is 415 g/mol. The standard InChI is InChI=1S/C21H23N3O4S/c1-14-8-6-13-24(14,21(27)28)19(26)15(2)18(29-20-22-11-7-12-23-20)17(25)16-9-4-3-5-10-16/h3-5,7,9-12,14-15,18H,6,8,13H2,1-2H3/p+1/t14-,15?,18?,24?/m1/s1. The van der Waals surface area contributed by atoms with E-state index in [-0.39, 0.29) is 18.4 Å². The summed E-state index contributed by atoms with van der Waals surface area (Å²) in [6, 6.07) is 10.1. The molecule has 0 spiro atoms. The van der Waals surface area contributed by atoms with Gasteiger partial charge in [-0.3, -0.25) is 4.79 Å². The number of quaternary nitrogens is 1. The van der Waals surface area contributed by atoms with Crippen LogP contribution < -0.4 is 0 Å². The Morgan fingerprint density at radius 3 is 2.34 bits per heavy atom. The summed E-state index contributed by atoms with van der Waals surface area (Å²) in [6.07, 6.45) is 3.31. The number of amides is 2. The average Bonchev–Trinajstić information content (AvgIpc) is 3.14. The Balaban J connectivity index is 1.97. The van der Waals surface area contributed by atoms with Crippen LogP contribution >= 0.6 is 11.8 Å². The summed E-state index contributed by atoms with van der Waals surface area (Å²) in [7, 11) is 0. The van der Waals surface area contributed by atoms with Crippen LogP contribution in [0.15, 0.2) is 53.9 Å². The molecule has 152 valence electrons. The topological polar surface area (TPSA) is 97.2 Å². The number of thioether (sulfide) groups is 1.